The van der Waals surface area contributed by atoms with Crippen LogP contribution in [0.15, 0.2) is 30.3 Å². The van der Waals surface area contributed by atoms with Crippen LogP contribution < -0.4 is 5.32 Å². The van der Waals surface area contributed by atoms with Crippen LogP contribution in [0.2, 0.25) is 0 Å². The molecule has 1 aliphatic heterocycles. The number of carbonyl (C=O) groups excluding carboxylic acids is 1. The largest absolute Gasteiger partial charge is 0.504 e. The Hall–Kier alpha value is -2.53. The Balaban J connectivity index is 2.27. The summed E-state index contributed by atoms with van der Waals surface area (Å²) in [4.78, 5) is 12.3. The number of aliphatic hydroxyl groups is 1. The molecule has 0 saturated heterocycles. The second kappa shape index (κ2) is 4.23. The molecule has 0 fully saturated rings. The fourth-order valence-electron chi connectivity index (χ4n) is 2.78. The Bertz CT molecular complexity index is 769. The van der Waals surface area contributed by atoms with Gasteiger partial charge in [0.15, 0.2) is 17.1 Å². The minimum absolute atomic E-state index is 0.207. The first-order valence-corrected chi connectivity index (χ1v) is 6.52. The highest BCUT2D eigenvalue weighted by atomic mass is 16.3. The van der Waals surface area contributed by atoms with E-state index in [1.807, 2.05) is 19.9 Å². The van der Waals surface area contributed by atoms with Crippen LogP contribution in [-0.4, -0.2) is 21.2 Å². The van der Waals surface area contributed by atoms with Crippen molar-refractivity contribution in [2.24, 2.45) is 0 Å². The van der Waals surface area contributed by atoms with Crippen LogP contribution in [0.3, 0.4) is 0 Å². The number of nitrogens with one attached hydrogen (secondary N) is 1. The maximum absolute atomic E-state index is 12.3. The average molecular weight is 285 g/mol. The number of hydrogen-bond donors (Lipinski definition) is 4. The molecule has 3 rings (SSSR count). The zero-order valence-electron chi connectivity index (χ0n) is 11.6. The number of aryl methyl sites for hydroxylation is 2. The molecule has 0 radical (unpaired) electrons. The van der Waals surface area contributed by atoms with Crippen LogP contribution in [-0.2, 0) is 10.4 Å². The van der Waals surface area contributed by atoms with Gasteiger partial charge in [-0.2, -0.15) is 0 Å². The predicted molar refractivity (Wildman–Crippen MR) is 77.3 cm³/mol. The van der Waals surface area contributed by atoms with Gasteiger partial charge in [-0.1, -0.05) is 23.8 Å². The van der Waals surface area contributed by atoms with Crippen LogP contribution >= 0.6 is 0 Å². The Labute approximate surface area is 121 Å². The molecule has 108 valence electrons. The first-order valence-electron chi connectivity index (χ1n) is 6.52. The Morgan fingerprint density at radius 1 is 1.05 bits per heavy atom. The Morgan fingerprint density at radius 2 is 1.76 bits per heavy atom. The lowest BCUT2D eigenvalue weighted by Gasteiger charge is -2.22. The van der Waals surface area contributed by atoms with Crippen molar-refractivity contribution in [1.82, 2.24) is 0 Å². The minimum atomic E-state index is -1.88. The molecule has 5 nitrogen and oxygen atoms in total. The van der Waals surface area contributed by atoms with Gasteiger partial charge in [-0.25, -0.2) is 0 Å². The summed E-state index contributed by atoms with van der Waals surface area (Å²) in [6.45, 7) is 3.73. The third-order valence-electron chi connectivity index (χ3n) is 3.83. The van der Waals surface area contributed by atoms with E-state index >= 15 is 0 Å². The van der Waals surface area contributed by atoms with Gasteiger partial charge < -0.3 is 20.6 Å². The first-order chi connectivity index (χ1) is 9.84. The summed E-state index contributed by atoms with van der Waals surface area (Å²) in [7, 11) is 0. The number of hydrogen-bond acceptors (Lipinski definition) is 4. The highest BCUT2D eigenvalue weighted by Crippen LogP contribution is 2.44. The van der Waals surface area contributed by atoms with Crippen molar-refractivity contribution in [1.29, 1.82) is 0 Å². The van der Waals surface area contributed by atoms with E-state index in [4.69, 9.17) is 0 Å². The van der Waals surface area contributed by atoms with E-state index in [0.717, 1.165) is 11.1 Å². The van der Waals surface area contributed by atoms with Gasteiger partial charge in [-0.05, 0) is 31.5 Å². The van der Waals surface area contributed by atoms with Gasteiger partial charge >= 0.3 is 0 Å². The number of rotatable bonds is 1. The van der Waals surface area contributed by atoms with Gasteiger partial charge in [0.05, 0.1) is 5.69 Å². The zero-order valence-corrected chi connectivity index (χ0v) is 11.6. The molecule has 1 atom stereocenters. The molecule has 2 aromatic rings. The van der Waals surface area contributed by atoms with E-state index in [1.54, 1.807) is 6.07 Å². The quantitative estimate of drug-likeness (QED) is 0.602. The molecule has 0 bridgehead atoms. The summed E-state index contributed by atoms with van der Waals surface area (Å²) in [6, 6.07) is 7.52. The van der Waals surface area contributed by atoms with Crippen molar-refractivity contribution < 1.29 is 20.1 Å². The van der Waals surface area contributed by atoms with E-state index in [9.17, 15) is 20.1 Å². The third-order valence-corrected chi connectivity index (χ3v) is 3.83. The van der Waals surface area contributed by atoms with Gasteiger partial charge in [0.2, 0.25) is 0 Å². The molecule has 5 heteroatoms. The molecular weight excluding hydrogens is 270 g/mol. The average Bonchev–Trinajstić information content (AvgIpc) is 2.67. The predicted octanol–water partition coefficient (Wildman–Crippen LogP) is 1.90. The standard InChI is InChI=1S/C16H15NO4/c1-8-5-9(2)14-11(6-8)16(21,15(20)17-14)10-3-4-12(18)13(19)7-10/h3-7,18-19,21H,1-2H3,(H,17,20). The normalized spacial score (nSPS) is 20.2. The summed E-state index contributed by atoms with van der Waals surface area (Å²) >= 11 is 0. The molecule has 1 heterocycles. The number of fused-ring (bicyclic) bond motifs is 1. The molecule has 0 aliphatic carbocycles. The molecule has 4 N–H and O–H groups in total. The highest BCUT2D eigenvalue weighted by molar-refractivity contribution is 6.08. The molecule has 2 aromatic carbocycles. The van der Waals surface area contributed by atoms with Gasteiger partial charge in [-0.3, -0.25) is 4.79 Å². The molecule has 1 amide bonds. The Kier molecular flexibility index (Phi) is 2.71. The van der Waals surface area contributed by atoms with Gasteiger partial charge in [0.1, 0.15) is 0 Å². The maximum Gasteiger partial charge on any atom is 0.265 e. The van der Waals surface area contributed by atoms with E-state index in [2.05, 4.69) is 5.32 Å². The number of carbonyl (C=O) groups is 1. The number of aromatic hydroxyl groups is 2. The molecule has 0 spiro atoms. The first kappa shape index (κ1) is 13.5. The van der Waals surface area contributed by atoms with E-state index < -0.39 is 11.5 Å². The monoisotopic (exact) mass is 285 g/mol. The van der Waals surface area contributed by atoms with Crippen molar-refractivity contribution in [2.75, 3.05) is 5.32 Å². The Morgan fingerprint density at radius 3 is 2.43 bits per heavy atom. The lowest BCUT2D eigenvalue weighted by atomic mass is 9.86. The van der Waals surface area contributed by atoms with Crippen molar-refractivity contribution in [2.45, 2.75) is 19.4 Å². The van der Waals surface area contributed by atoms with Gasteiger partial charge in [-0.15, -0.1) is 0 Å². The molecule has 0 aromatic heterocycles. The number of anilines is 1. The summed E-state index contributed by atoms with van der Waals surface area (Å²) in [5.74, 6) is -1.26. The van der Waals surface area contributed by atoms with E-state index in [-0.39, 0.29) is 17.1 Å². The maximum atomic E-state index is 12.3. The van der Waals surface area contributed by atoms with E-state index in [1.165, 1.54) is 18.2 Å². The van der Waals surface area contributed by atoms with Crippen molar-refractivity contribution in [3.63, 3.8) is 0 Å². The molecule has 1 aliphatic rings. The van der Waals surface area contributed by atoms with Crippen LogP contribution in [0.5, 0.6) is 11.5 Å². The highest BCUT2D eigenvalue weighted by Gasteiger charge is 2.47. The number of phenols is 2. The van der Waals surface area contributed by atoms with E-state index in [0.29, 0.717) is 11.3 Å². The second-order valence-electron chi connectivity index (χ2n) is 5.37. The fourth-order valence-corrected chi connectivity index (χ4v) is 2.78. The molecular formula is C16H15NO4. The molecule has 1 unspecified atom stereocenters. The molecule has 21 heavy (non-hydrogen) atoms. The number of amides is 1. The lowest BCUT2D eigenvalue weighted by molar-refractivity contribution is -0.129. The van der Waals surface area contributed by atoms with Crippen LogP contribution in [0, 0.1) is 13.8 Å². The summed E-state index contributed by atoms with van der Waals surface area (Å²) in [5.41, 5.74) is 1.15. The summed E-state index contributed by atoms with van der Waals surface area (Å²) in [6.07, 6.45) is 0. The summed E-state index contributed by atoms with van der Waals surface area (Å²) < 4.78 is 0. The van der Waals surface area contributed by atoms with Crippen LogP contribution in [0.4, 0.5) is 5.69 Å². The van der Waals surface area contributed by atoms with Crippen molar-refractivity contribution in [3.05, 3.63) is 52.6 Å². The number of benzene rings is 2. The van der Waals surface area contributed by atoms with Gasteiger partial charge in [0.25, 0.3) is 5.91 Å². The number of phenolic OH excluding ortho intramolecular Hbond substituents is 2. The lowest BCUT2D eigenvalue weighted by Crippen LogP contribution is -2.35. The second-order valence-corrected chi connectivity index (χ2v) is 5.37. The zero-order chi connectivity index (χ0) is 15.4. The van der Waals surface area contributed by atoms with Gasteiger partial charge in [0, 0.05) is 11.1 Å². The summed E-state index contributed by atoms with van der Waals surface area (Å²) in [5, 5.41) is 32.6. The smallest absolute Gasteiger partial charge is 0.265 e. The van der Waals surface area contributed by atoms with Crippen LogP contribution in [0.1, 0.15) is 22.3 Å². The molecule has 0 saturated carbocycles. The van der Waals surface area contributed by atoms with Crippen molar-refractivity contribution in [3.8, 4) is 11.5 Å². The van der Waals surface area contributed by atoms with Crippen molar-refractivity contribution >= 4 is 11.6 Å². The minimum Gasteiger partial charge on any atom is -0.504 e. The third kappa shape index (κ3) is 1.78. The topological polar surface area (TPSA) is 89.8 Å². The van der Waals surface area contributed by atoms with Crippen LogP contribution in [0.25, 0.3) is 0 Å². The fraction of sp³-hybridized carbons (Fsp3) is 0.188. The SMILES string of the molecule is Cc1cc(C)c2c(c1)C(O)(c1ccc(O)c(O)c1)C(=O)N2.